The predicted octanol–water partition coefficient (Wildman–Crippen LogP) is 4.73. The van der Waals surface area contributed by atoms with Crippen molar-refractivity contribution in [3.63, 3.8) is 0 Å². The van der Waals surface area contributed by atoms with E-state index in [4.69, 9.17) is 0 Å². The molecule has 0 fully saturated rings. The molecule has 3 aromatic carbocycles. The summed E-state index contributed by atoms with van der Waals surface area (Å²) in [6.07, 6.45) is 1.73. The standard InChI is InChI=1S/C19H17NO/c1-14(20-13-18-8-4-5-9-19(18)21)16-11-10-15-6-2-3-7-17(15)12-16/h2-14,21H,1H3/t14-/m0/s1. The molecule has 3 aromatic rings. The van der Waals surface area contributed by atoms with Crippen molar-refractivity contribution >= 4 is 17.0 Å². The Balaban J connectivity index is 1.87. The summed E-state index contributed by atoms with van der Waals surface area (Å²) in [4.78, 5) is 4.55. The number of aromatic hydroxyl groups is 1. The van der Waals surface area contributed by atoms with E-state index < -0.39 is 0 Å². The minimum atomic E-state index is 0.0502. The minimum absolute atomic E-state index is 0.0502. The minimum Gasteiger partial charge on any atom is -0.507 e. The van der Waals surface area contributed by atoms with Crippen molar-refractivity contribution in [1.29, 1.82) is 0 Å². The number of phenols is 1. The molecule has 0 radical (unpaired) electrons. The molecule has 0 aromatic heterocycles. The van der Waals surface area contributed by atoms with E-state index in [1.165, 1.54) is 16.3 Å². The number of hydrogen-bond acceptors (Lipinski definition) is 2. The number of fused-ring (bicyclic) bond motifs is 1. The summed E-state index contributed by atoms with van der Waals surface area (Å²) in [5.74, 6) is 0.256. The fraction of sp³-hybridized carbons (Fsp3) is 0.105. The molecular weight excluding hydrogens is 258 g/mol. The van der Waals surface area contributed by atoms with E-state index in [9.17, 15) is 5.11 Å². The molecule has 3 rings (SSSR count). The molecule has 0 heterocycles. The van der Waals surface area contributed by atoms with Crippen LogP contribution >= 0.6 is 0 Å². The number of rotatable bonds is 3. The Morgan fingerprint density at radius 2 is 1.62 bits per heavy atom. The van der Waals surface area contributed by atoms with E-state index in [2.05, 4.69) is 42.2 Å². The number of phenolic OH excluding ortho intramolecular Hbond substituents is 1. The Labute approximate surface area is 124 Å². The average Bonchev–Trinajstić information content (AvgIpc) is 2.53. The first kappa shape index (κ1) is 13.4. The molecule has 21 heavy (non-hydrogen) atoms. The van der Waals surface area contributed by atoms with E-state index in [1.807, 2.05) is 24.3 Å². The maximum absolute atomic E-state index is 9.74. The van der Waals surface area contributed by atoms with Crippen LogP contribution in [0.15, 0.2) is 71.7 Å². The van der Waals surface area contributed by atoms with Gasteiger partial charge in [0.25, 0.3) is 0 Å². The molecule has 0 aliphatic heterocycles. The first-order chi connectivity index (χ1) is 10.2. The molecule has 104 valence electrons. The molecule has 0 saturated heterocycles. The molecule has 2 nitrogen and oxygen atoms in total. The van der Waals surface area contributed by atoms with Gasteiger partial charge in [-0.3, -0.25) is 4.99 Å². The summed E-state index contributed by atoms with van der Waals surface area (Å²) in [6.45, 7) is 2.06. The van der Waals surface area contributed by atoms with Crippen molar-refractivity contribution in [1.82, 2.24) is 0 Å². The largest absolute Gasteiger partial charge is 0.507 e. The number of benzene rings is 3. The lowest BCUT2D eigenvalue weighted by Crippen LogP contribution is -1.91. The van der Waals surface area contributed by atoms with Gasteiger partial charge >= 0.3 is 0 Å². The first-order valence-electron chi connectivity index (χ1n) is 7.04. The summed E-state index contributed by atoms with van der Waals surface area (Å²) in [6, 6.07) is 22.0. The highest BCUT2D eigenvalue weighted by Crippen LogP contribution is 2.23. The van der Waals surface area contributed by atoms with Crippen molar-refractivity contribution in [2.75, 3.05) is 0 Å². The third-order valence-electron chi connectivity index (χ3n) is 3.63. The van der Waals surface area contributed by atoms with E-state index in [1.54, 1.807) is 18.3 Å². The lowest BCUT2D eigenvalue weighted by Gasteiger charge is -2.08. The Hall–Kier alpha value is -2.61. The fourth-order valence-corrected chi connectivity index (χ4v) is 2.34. The van der Waals surface area contributed by atoms with Gasteiger partial charge in [0.2, 0.25) is 0 Å². The van der Waals surface area contributed by atoms with Crippen LogP contribution in [0, 0.1) is 0 Å². The van der Waals surface area contributed by atoms with Crippen LogP contribution in [0.5, 0.6) is 5.75 Å². The van der Waals surface area contributed by atoms with E-state index in [0.29, 0.717) is 0 Å². The number of nitrogens with zero attached hydrogens (tertiary/aromatic N) is 1. The highest BCUT2D eigenvalue weighted by molar-refractivity contribution is 5.84. The zero-order chi connectivity index (χ0) is 14.7. The molecule has 0 saturated carbocycles. The van der Waals surface area contributed by atoms with E-state index in [0.717, 1.165) is 5.56 Å². The van der Waals surface area contributed by atoms with Crippen molar-refractivity contribution in [2.24, 2.45) is 4.99 Å². The van der Waals surface area contributed by atoms with Crippen molar-refractivity contribution < 1.29 is 5.11 Å². The molecule has 1 atom stereocenters. The maximum Gasteiger partial charge on any atom is 0.124 e. The highest BCUT2D eigenvalue weighted by Gasteiger charge is 2.04. The Bertz CT molecular complexity index is 792. The second-order valence-electron chi connectivity index (χ2n) is 5.12. The van der Waals surface area contributed by atoms with Gasteiger partial charge in [0.1, 0.15) is 5.75 Å². The van der Waals surface area contributed by atoms with Crippen LogP contribution in [-0.2, 0) is 0 Å². The van der Waals surface area contributed by atoms with Crippen LogP contribution in [0.25, 0.3) is 10.8 Å². The molecule has 0 amide bonds. The zero-order valence-corrected chi connectivity index (χ0v) is 11.9. The van der Waals surface area contributed by atoms with Gasteiger partial charge in [0.05, 0.1) is 6.04 Å². The number of para-hydroxylation sites is 1. The van der Waals surface area contributed by atoms with Gasteiger partial charge in [0.15, 0.2) is 0 Å². The summed E-state index contributed by atoms with van der Waals surface area (Å²) in [5.41, 5.74) is 1.91. The van der Waals surface area contributed by atoms with Crippen LogP contribution < -0.4 is 0 Å². The lowest BCUT2D eigenvalue weighted by atomic mass is 10.0. The summed E-state index contributed by atoms with van der Waals surface area (Å²) in [7, 11) is 0. The third-order valence-corrected chi connectivity index (χ3v) is 3.63. The summed E-state index contributed by atoms with van der Waals surface area (Å²) >= 11 is 0. The number of hydrogen-bond donors (Lipinski definition) is 1. The quantitative estimate of drug-likeness (QED) is 0.689. The maximum atomic E-state index is 9.74. The molecule has 1 N–H and O–H groups in total. The van der Waals surface area contributed by atoms with Gasteiger partial charge in [0, 0.05) is 11.8 Å². The van der Waals surface area contributed by atoms with Crippen molar-refractivity contribution in [3.05, 3.63) is 77.9 Å². The molecule has 0 spiro atoms. The second-order valence-corrected chi connectivity index (χ2v) is 5.12. The highest BCUT2D eigenvalue weighted by atomic mass is 16.3. The van der Waals surface area contributed by atoms with Crippen molar-refractivity contribution in [3.8, 4) is 5.75 Å². The fourth-order valence-electron chi connectivity index (χ4n) is 2.34. The SMILES string of the molecule is C[C@H](N=Cc1ccccc1O)c1ccc2ccccc2c1. The van der Waals surface area contributed by atoms with Gasteiger partial charge in [-0.25, -0.2) is 0 Å². The van der Waals surface area contributed by atoms with Gasteiger partial charge in [-0.1, -0.05) is 48.5 Å². The van der Waals surface area contributed by atoms with E-state index >= 15 is 0 Å². The molecular formula is C19H17NO. The van der Waals surface area contributed by atoms with Crippen LogP contribution in [0.4, 0.5) is 0 Å². The van der Waals surface area contributed by atoms with Gasteiger partial charge < -0.3 is 5.11 Å². The smallest absolute Gasteiger partial charge is 0.124 e. The Morgan fingerprint density at radius 3 is 2.43 bits per heavy atom. The van der Waals surface area contributed by atoms with Crippen molar-refractivity contribution in [2.45, 2.75) is 13.0 Å². The number of aliphatic imine (C=N–C) groups is 1. The molecule has 0 aliphatic rings. The first-order valence-corrected chi connectivity index (χ1v) is 7.04. The monoisotopic (exact) mass is 275 g/mol. The molecule has 2 heteroatoms. The van der Waals surface area contributed by atoms with Crippen LogP contribution in [0.2, 0.25) is 0 Å². The summed E-state index contributed by atoms with van der Waals surface area (Å²) < 4.78 is 0. The Kier molecular flexibility index (Phi) is 3.69. The summed E-state index contributed by atoms with van der Waals surface area (Å²) in [5, 5.41) is 12.2. The molecule has 0 bridgehead atoms. The van der Waals surface area contributed by atoms with Gasteiger partial charge in [-0.15, -0.1) is 0 Å². The lowest BCUT2D eigenvalue weighted by molar-refractivity contribution is 0.474. The zero-order valence-electron chi connectivity index (χ0n) is 11.9. The van der Waals surface area contributed by atoms with Gasteiger partial charge in [-0.05, 0) is 41.5 Å². The van der Waals surface area contributed by atoms with Crippen LogP contribution in [0.3, 0.4) is 0 Å². The third kappa shape index (κ3) is 2.95. The van der Waals surface area contributed by atoms with Crippen LogP contribution in [-0.4, -0.2) is 11.3 Å². The van der Waals surface area contributed by atoms with Crippen LogP contribution in [0.1, 0.15) is 24.1 Å². The molecule has 0 unspecified atom stereocenters. The van der Waals surface area contributed by atoms with E-state index in [-0.39, 0.29) is 11.8 Å². The normalized spacial score (nSPS) is 12.8. The topological polar surface area (TPSA) is 32.6 Å². The molecule has 0 aliphatic carbocycles. The predicted molar refractivity (Wildman–Crippen MR) is 88.1 cm³/mol. The van der Waals surface area contributed by atoms with Gasteiger partial charge in [-0.2, -0.15) is 0 Å². The Morgan fingerprint density at radius 1 is 0.905 bits per heavy atom. The average molecular weight is 275 g/mol. The second kappa shape index (κ2) is 5.80.